The summed E-state index contributed by atoms with van der Waals surface area (Å²) in [4.78, 5) is 15.6. The molecule has 0 saturated heterocycles. The number of hydrogen-bond donors (Lipinski definition) is 2. The summed E-state index contributed by atoms with van der Waals surface area (Å²) >= 11 is 5.83. The Bertz CT molecular complexity index is 357. The van der Waals surface area contributed by atoms with E-state index in [4.69, 9.17) is 17.3 Å². The number of aromatic nitrogens is 1. The molecule has 0 aliphatic carbocycles. The fourth-order valence-electron chi connectivity index (χ4n) is 1.29. The minimum absolute atomic E-state index is 0.0525. The van der Waals surface area contributed by atoms with Gasteiger partial charge in [0.05, 0.1) is 5.69 Å². The Balaban J connectivity index is 2.54. The number of hydrogen-bond acceptors (Lipinski definition) is 3. The molecule has 0 aromatic carbocycles. The van der Waals surface area contributed by atoms with Crippen molar-refractivity contribution in [2.45, 2.75) is 19.8 Å². The van der Waals surface area contributed by atoms with Gasteiger partial charge in [-0.25, -0.2) is 4.98 Å². The topological polar surface area (TPSA) is 68.0 Å². The van der Waals surface area contributed by atoms with Gasteiger partial charge in [-0.3, -0.25) is 4.79 Å². The molecule has 1 heterocycles. The molecular weight excluding hydrogens is 226 g/mol. The lowest BCUT2D eigenvalue weighted by Gasteiger charge is -2.11. The molecule has 1 amide bonds. The van der Waals surface area contributed by atoms with E-state index < -0.39 is 0 Å². The third kappa shape index (κ3) is 3.79. The van der Waals surface area contributed by atoms with E-state index >= 15 is 0 Å². The molecule has 5 heteroatoms. The third-order valence-electron chi connectivity index (χ3n) is 2.31. The first kappa shape index (κ1) is 12.9. The van der Waals surface area contributed by atoms with Crippen LogP contribution >= 0.6 is 11.6 Å². The maximum Gasteiger partial charge on any atom is 0.227 e. The summed E-state index contributed by atoms with van der Waals surface area (Å²) in [6, 6.07) is 3.45. The number of halogens is 1. The molecule has 0 saturated carbocycles. The molecule has 1 unspecified atom stereocenters. The highest BCUT2D eigenvalue weighted by atomic mass is 35.5. The van der Waals surface area contributed by atoms with E-state index in [-0.39, 0.29) is 11.8 Å². The Morgan fingerprint density at radius 2 is 2.44 bits per heavy atom. The second-order valence-corrected chi connectivity index (χ2v) is 4.02. The Kier molecular flexibility index (Phi) is 5.22. The van der Waals surface area contributed by atoms with Crippen LogP contribution in [-0.2, 0) is 4.79 Å². The molecule has 3 N–H and O–H groups in total. The zero-order chi connectivity index (χ0) is 12.0. The second-order valence-electron chi connectivity index (χ2n) is 3.66. The number of nitrogens with zero attached hydrogens (tertiary/aromatic N) is 1. The molecule has 1 rings (SSSR count). The quantitative estimate of drug-likeness (QED) is 0.776. The SMILES string of the molecule is CC(CCCN)C(=O)Nc1cccnc1Cl. The summed E-state index contributed by atoms with van der Waals surface area (Å²) in [5, 5.41) is 3.05. The average Bonchev–Trinajstić information content (AvgIpc) is 2.28. The number of pyridine rings is 1. The van der Waals surface area contributed by atoms with Crippen LogP contribution in [0, 0.1) is 5.92 Å². The van der Waals surface area contributed by atoms with E-state index in [2.05, 4.69) is 10.3 Å². The van der Waals surface area contributed by atoms with Crippen LogP contribution in [-0.4, -0.2) is 17.4 Å². The highest BCUT2D eigenvalue weighted by Gasteiger charge is 2.13. The number of rotatable bonds is 5. The molecule has 0 fully saturated rings. The lowest BCUT2D eigenvalue weighted by molar-refractivity contribution is -0.119. The standard InChI is InChI=1S/C11H16ClN3O/c1-8(4-2-6-13)11(16)15-9-5-3-7-14-10(9)12/h3,5,7-8H,2,4,6,13H2,1H3,(H,15,16). The van der Waals surface area contributed by atoms with E-state index in [1.54, 1.807) is 18.3 Å². The van der Waals surface area contributed by atoms with E-state index in [0.29, 0.717) is 17.4 Å². The molecule has 88 valence electrons. The number of carbonyl (C=O) groups excluding carboxylic acids is 1. The van der Waals surface area contributed by atoms with Gasteiger partial charge in [0.2, 0.25) is 5.91 Å². The fourth-order valence-corrected chi connectivity index (χ4v) is 1.46. The van der Waals surface area contributed by atoms with Gasteiger partial charge in [0.25, 0.3) is 0 Å². The van der Waals surface area contributed by atoms with Gasteiger partial charge in [-0.05, 0) is 31.5 Å². The van der Waals surface area contributed by atoms with Gasteiger partial charge in [-0.2, -0.15) is 0 Å². The summed E-state index contributed by atoms with van der Waals surface area (Å²) in [5.74, 6) is -0.122. The van der Waals surface area contributed by atoms with Crippen LogP contribution in [0.15, 0.2) is 18.3 Å². The Labute approximate surface area is 100 Å². The Morgan fingerprint density at radius 1 is 1.69 bits per heavy atom. The van der Waals surface area contributed by atoms with Crippen molar-refractivity contribution in [1.82, 2.24) is 4.98 Å². The molecule has 0 aliphatic rings. The monoisotopic (exact) mass is 241 g/mol. The van der Waals surface area contributed by atoms with Crippen molar-refractivity contribution in [2.24, 2.45) is 11.7 Å². The van der Waals surface area contributed by atoms with Crippen molar-refractivity contribution >= 4 is 23.2 Å². The normalized spacial score (nSPS) is 12.2. The van der Waals surface area contributed by atoms with Crippen LogP contribution < -0.4 is 11.1 Å². The van der Waals surface area contributed by atoms with Gasteiger partial charge < -0.3 is 11.1 Å². The first-order valence-electron chi connectivity index (χ1n) is 5.26. The van der Waals surface area contributed by atoms with Gasteiger partial charge in [-0.15, -0.1) is 0 Å². The first-order chi connectivity index (χ1) is 7.65. The van der Waals surface area contributed by atoms with Gasteiger partial charge in [0.15, 0.2) is 5.15 Å². The van der Waals surface area contributed by atoms with E-state index in [9.17, 15) is 4.79 Å². The number of carbonyl (C=O) groups is 1. The molecule has 0 bridgehead atoms. The van der Waals surface area contributed by atoms with Crippen molar-refractivity contribution in [1.29, 1.82) is 0 Å². The van der Waals surface area contributed by atoms with Crippen molar-refractivity contribution in [3.63, 3.8) is 0 Å². The molecule has 0 radical (unpaired) electrons. The number of anilines is 1. The molecule has 0 aliphatic heterocycles. The molecule has 16 heavy (non-hydrogen) atoms. The second kappa shape index (κ2) is 6.45. The zero-order valence-electron chi connectivity index (χ0n) is 9.24. The Hall–Kier alpha value is -1.13. The third-order valence-corrected chi connectivity index (χ3v) is 2.61. The molecule has 1 aromatic heterocycles. The predicted octanol–water partition coefficient (Wildman–Crippen LogP) is 2.05. The minimum atomic E-state index is -0.0696. The fraction of sp³-hybridized carbons (Fsp3) is 0.455. The molecule has 1 aromatic rings. The summed E-state index contributed by atoms with van der Waals surface area (Å²) < 4.78 is 0. The molecular formula is C11H16ClN3O. The van der Waals surface area contributed by atoms with Crippen LogP contribution in [0.3, 0.4) is 0 Å². The summed E-state index contributed by atoms with van der Waals surface area (Å²) in [7, 11) is 0. The van der Waals surface area contributed by atoms with Gasteiger partial charge in [-0.1, -0.05) is 18.5 Å². The van der Waals surface area contributed by atoms with Gasteiger partial charge in [0.1, 0.15) is 0 Å². The number of amides is 1. The van der Waals surface area contributed by atoms with Crippen molar-refractivity contribution < 1.29 is 4.79 Å². The highest BCUT2D eigenvalue weighted by molar-refractivity contribution is 6.32. The number of nitrogens with two attached hydrogens (primary N) is 1. The van der Waals surface area contributed by atoms with Crippen molar-refractivity contribution in [2.75, 3.05) is 11.9 Å². The van der Waals surface area contributed by atoms with Crippen LogP contribution in [0.2, 0.25) is 5.15 Å². The lowest BCUT2D eigenvalue weighted by Crippen LogP contribution is -2.21. The van der Waals surface area contributed by atoms with Crippen LogP contribution in [0.5, 0.6) is 0 Å². The van der Waals surface area contributed by atoms with Crippen LogP contribution in [0.1, 0.15) is 19.8 Å². The van der Waals surface area contributed by atoms with Crippen LogP contribution in [0.4, 0.5) is 5.69 Å². The summed E-state index contributed by atoms with van der Waals surface area (Å²) in [6.45, 7) is 2.47. The first-order valence-corrected chi connectivity index (χ1v) is 5.64. The van der Waals surface area contributed by atoms with Gasteiger partial charge in [0, 0.05) is 12.1 Å². The molecule has 1 atom stereocenters. The largest absolute Gasteiger partial charge is 0.330 e. The minimum Gasteiger partial charge on any atom is -0.330 e. The predicted molar refractivity (Wildman–Crippen MR) is 65.3 cm³/mol. The summed E-state index contributed by atoms with van der Waals surface area (Å²) in [6.07, 6.45) is 3.20. The van der Waals surface area contributed by atoms with Crippen molar-refractivity contribution in [3.8, 4) is 0 Å². The zero-order valence-corrected chi connectivity index (χ0v) is 10.00. The highest BCUT2D eigenvalue weighted by Crippen LogP contribution is 2.19. The summed E-state index contributed by atoms with van der Waals surface area (Å²) in [5.41, 5.74) is 5.94. The van der Waals surface area contributed by atoms with E-state index in [0.717, 1.165) is 12.8 Å². The molecule has 0 spiro atoms. The van der Waals surface area contributed by atoms with Crippen LogP contribution in [0.25, 0.3) is 0 Å². The number of nitrogens with one attached hydrogen (secondary N) is 1. The smallest absolute Gasteiger partial charge is 0.227 e. The van der Waals surface area contributed by atoms with E-state index in [1.165, 1.54) is 0 Å². The lowest BCUT2D eigenvalue weighted by atomic mass is 10.0. The Morgan fingerprint density at radius 3 is 3.06 bits per heavy atom. The van der Waals surface area contributed by atoms with E-state index in [1.807, 2.05) is 6.92 Å². The van der Waals surface area contributed by atoms with Crippen molar-refractivity contribution in [3.05, 3.63) is 23.5 Å². The maximum atomic E-state index is 11.7. The maximum absolute atomic E-state index is 11.7. The molecule has 4 nitrogen and oxygen atoms in total. The average molecular weight is 242 g/mol. The van der Waals surface area contributed by atoms with Gasteiger partial charge >= 0.3 is 0 Å².